The molecule has 0 saturated heterocycles. The summed E-state index contributed by atoms with van der Waals surface area (Å²) in [6.45, 7) is 4.36. The van der Waals surface area contributed by atoms with Gasteiger partial charge in [0.2, 0.25) is 10.0 Å². The maximum atomic E-state index is 12.4. The summed E-state index contributed by atoms with van der Waals surface area (Å²) in [7, 11) is -3.37. The lowest BCUT2D eigenvalue weighted by atomic mass is 9.78. The molecule has 1 fully saturated rings. The first kappa shape index (κ1) is 15.5. The van der Waals surface area contributed by atoms with Gasteiger partial charge in [0.25, 0.3) is 0 Å². The van der Waals surface area contributed by atoms with Crippen LogP contribution >= 0.6 is 27.3 Å². The molecule has 2 unspecified atom stereocenters. The Hall–Kier alpha value is 0.0900. The van der Waals surface area contributed by atoms with E-state index < -0.39 is 10.0 Å². The lowest BCUT2D eigenvalue weighted by molar-refractivity contribution is 0.226. The molecule has 0 aromatic carbocycles. The number of halogens is 1. The van der Waals surface area contributed by atoms with Crippen LogP contribution in [0.5, 0.6) is 0 Å². The Bertz CT molecular complexity index is 525. The molecule has 1 saturated carbocycles. The summed E-state index contributed by atoms with van der Waals surface area (Å²) >= 11 is 4.57. The number of thiophene rings is 1. The van der Waals surface area contributed by atoms with Crippen molar-refractivity contribution >= 4 is 37.3 Å². The molecule has 108 valence electrons. The van der Waals surface area contributed by atoms with Crippen LogP contribution < -0.4 is 4.72 Å². The predicted octanol–water partition coefficient (Wildman–Crippen LogP) is 4.00. The second kappa shape index (κ2) is 6.24. The maximum Gasteiger partial charge on any atom is 0.250 e. The summed E-state index contributed by atoms with van der Waals surface area (Å²) in [5, 5.41) is 0. The van der Waals surface area contributed by atoms with Gasteiger partial charge in [-0.2, -0.15) is 0 Å². The highest BCUT2D eigenvalue weighted by Crippen LogP contribution is 2.32. The van der Waals surface area contributed by atoms with Crippen molar-refractivity contribution in [2.24, 2.45) is 11.8 Å². The Morgan fingerprint density at radius 2 is 2.00 bits per heavy atom. The Morgan fingerprint density at radius 1 is 1.32 bits per heavy atom. The zero-order valence-electron chi connectivity index (χ0n) is 11.2. The average molecular weight is 366 g/mol. The molecule has 1 aromatic heterocycles. The molecule has 0 aliphatic heterocycles. The zero-order valence-corrected chi connectivity index (χ0v) is 14.4. The van der Waals surface area contributed by atoms with E-state index in [0.717, 1.165) is 23.0 Å². The Kier molecular flexibility index (Phi) is 5.09. The summed E-state index contributed by atoms with van der Waals surface area (Å²) in [5.41, 5.74) is 0. The van der Waals surface area contributed by atoms with E-state index in [-0.39, 0.29) is 6.04 Å². The van der Waals surface area contributed by atoms with Gasteiger partial charge in [-0.15, -0.1) is 11.3 Å². The van der Waals surface area contributed by atoms with E-state index in [0.29, 0.717) is 16.0 Å². The first-order valence-corrected chi connectivity index (χ1v) is 9.77. The largest absolute Gasteiger partial charge is 0.250 e. The SMILES string of the molecule is CC(C)C1CCCCC1NS(=O)(=O)c1ccc(Br)s1. The minimum absolute atomic E-state index is 0.0830. The summed E-state index contributed by atoms with van der Waals surface area (Å²) in [6.07, 6.45) is 4.41. The fourth-order valence-corrected chi connectivity index (χ4v) is 6.15. The van der Waals surface area contributed by atoms with Gasteiger partial charge >= 0.3 is 0 Å². The van der Waals surface area contributed by atoms with Gasteiger partial charge in [-0.1, -0.05) is 26.7 Å². The number of hydrogen-bond donors (Lipinski definition) is 1. The second-order valence-electron chi connectivity index (χ2n) is 5.48. The molecule has 0 bridgehead atoms. The van der Waals surface area contributed by atoms with E-state index in [1.54, 1.807) is 12.1 Å². The van der Waals surface area contributed by atoms with Crippen molar-refractivity contribution < 1.29 is 8.42 Å². The molecule has 2 atom stereocenters. The van der Waals surface area contributed by atoms with Gasteiger partial charge in [0.1, 0.15) is 4.21 Å². The van der Waals surface area contributed by atoms with Crippen molar-refractivity contribution in [2.75, 3.05) is 0 Å². The average Bonchev–Trinajstić information content (AvgIpc) is 2.76. The summed E-state index contributed by atoms with van der Waals surface area (Å²) < 4.78 is 28.9. The van der Waals surface area contributed by atoms with Gasteiger partial charge < -0.3 is 0 Å². The van der Waals surface area contributed by atoms with E-state index in [4.69, 9.17) is 0 Å². The van der Waals surface area contributed by atoms with Gasteiger partial charge in [-0.05, 0) is 52.7 Å². The fraction of sp³-hybridized carbons (Fsp3) is 0.692. The third-order valence-electron chi connectivity index (χ3n) is 3.80. The van der Waals surface area contributed by atoms with Gasteiger partial charge in [0.15, 0.2) is 0 Å². The molecule has 1 heterocycles. The van der Waals surface area contributed by atoms with Crippen LogP contribution in [0.1, 0.15) is 39.5 Å². The highest BCUT2D eigenvalue weighted by Gasteiger charge is 2.31. The smallest absolute Gasteiger partial charge is 0.207 e. The van der Waals surface area contributed by atoms with E-state index in [9.17, 15) is 8.42 Å². The molecule has 0 radical (unpaired) electrons. The van der Waals surface area contributed by atoms with Crippen LogP contribution in [0.2, 0.25) is 0 Å². The number of rotatable bonds is 4. The maximum absolute atomic E-state index is 12.4. The number of hydrogen-bond acceptors (Lipinski definition) is 3. The van der Waals surface area contributed by atoms with Crippen LogP contribution in [0.15, 0.2) is 20.1 Å². The molecular formula is C13H20BrNO2S2. The molecule has 2 rings (SSSR count). The minimum Gasteiger partial charge on any atom is -0.207 e. The zero-order chi connectivity index (χ0) is 14.0. The predicted molar refractivity (Wildman–Crippen MR) is 82.9 cm³/mol. The first-order chi connectivity index (χ1) is 8.90. The molecule has 6 heteroatoms. The Morgan fingerprint density at radius 3 is 2.58 bits per heavy atom. The van der Waals surface area contributed by atoms with Gasteiger partial charge in [0, 0.05) is 6.04 Å². The Balaban J connectivity index is 2.14. The summed E-state index contributed by atoms with van der Waals surface area (Å²) in [5.74, 6) is 0.968. The normalized spacial score (nSPS) is 24.8. The molecule has 19 heavy (non-hydrogen) atoms. The lowest BCUT2D eigenvalue weighted by Gasteiger charge is -2.34. The van der Waals surface area contributed by atoms with E-state index in [1.807, 2.05) is 0 Å². The molecule has 1 aromatic rings. The third kappa shape index (κ3) is 3.80. The monoisotopic (exact) mass is 365 g/mol. The van der Waals surface area contributed by atoms with E-state index in [1.165, 1.54) is 17.8 Å². The van der Waals surface area contributed by atoms with Gasteiger partial charge in [0.05, 0.1) is 3.79 Å². The third-order valence-corrected chi connectivity index (χ3v) is 7.40. The van der Waals surface area contributed by atoms with Crippen LogP contribution in [-0.4, -0.2) is 14.5 Å². The molecule has 1 N–H and O–H groups in total. The highest BCUT2D eigenvalue weighted by atomic mass is 79.9. The second-order valence-corrected chi connectivity index (χ2v) is 9.88. The van der Waals surface area contributed by atoms with Crippen molar-refractivity contribution in [2.45, 2.75) is 49.8 Å². The number of nitrogens with one attached hydrogen (secondary N) is 1. The highest BCUT2D eigenvalue weighted by molar-refractivity contribution is 9.11. The van der Waals surface area contributed by atoms with Crippen molar-refractivity contribution in [3.8, 4) is 0 Å². The Labute approximate surface area is 128 Å². The van der Waals surface area contributed by atoms with E-state index in [2.05, 4.69) is 34.5 Å². The molecule has 1 aliphatic carbocycles. The van der Waals surface area contributed by atoms with E-state index >= 15 is 0 Å². The molecule has 3 nitrogen and oxygen atoms in total. The standard InChI is InChI=1S/C13H20BrNO2S2/c1-9(2)10-5-3-4-6-11(10)15-19(16,17)13-8-7-12(14)18-13/h7-11,15H,3-6H2,1-2H3. The first-order valence-electron chi connectivity index (χ1n) is 6.68. The fourth-order valence-electron chi connectivity index (χ4n) is 2.80. The van der Waals surface area contributed by atoms with Crippen LogP contribution in [0, 0.1) is 11.8 Å². The van der Waals surface area contributed by atoms with Crippen molar-refractivity contribution in [3.63, 3.8) is 0 Å². The van der Waals surface area contributed by atoms with Crippen molar-refractivity contribution in [1.82, 2.24) is 4.72 Å². The van der Waals surface area contributed by atoms with Gasteiger partial charge in [-0.3, -0.25) is 0 Å². The summed E-state index contributed by atoms with van der Waals surface area (Å²) in [6, 6.07) is 3.52. The van der Waals surface area contributed by atoms with Crippen LogP contribution in [-0.2, 0) is 10.0 Å². The van der Waals surface area contributed by atoms with Crippen LogP contribution in [0.25, 0.3) is 0 Å². The van der Waals surface area contributed by atoms with Crippen LogP contribution in [0.3, 0.4) is 0 Å². The van der Waals surface area contributed by atoms with Gasteiger partial charge in [-0.25, -0.2) is 13.1 Å². The topological polar surface area (TPSA) is 46.2 Å². The molecular weight excluding hydrogens is 346 g/mol. The van der Waals surface area contributed by atoms with Crippen molar-refractivity contribution in [3.05, 3.63) is 15.9 Å². The van der Waals surface area contributed by atoms with Crippen molar-refractivity contribution in [1.29, 1.82) is 0 Å². The quantitative estimate of drug-likeness (QED) is 0.875. The molecule has 0 amide bonds. The lowest BCUT2D eigenvalue weighted by Crippen LogP contribution is -2.43. The molecule has 0 spiro atoms. The number of sulfonamides is 1. The molecule has 1 aliphatic rings. The summed E-state index contributed by atoms with van der Waals surface area (Å²) in [4.78, 5) is 0. The van der Waals surface area contributed by atoms with Crippen LogP contribution in [0.4, 0.5) is 0 Å². The minimum atomic E-state index is -3.37.